The summed E-state index contributed by atoms with van der Waals surface area (Å²) in [4.78, 5) is 18.3. The summed E-state index contributed by atoms with van der Waals surface area (Å²) >= 11 is 0. The Bertz CT molecular complexity index is 1320. The standard InChI is InChI=1S/C26H23N3O3/c1-16-12-19(14-18-8-4-3-5-9-18)25-21(13-16)24(20-10-6-7-11-22(20)27-25)26(30)31-15-23-29-28-17(2)32-23/h3-11,14,16H,12-13,15H2,1-2H3/b19-14-/t16-/m0/s1. The van der Waals surface area contributed by atoms with Gasteiger partial charge < -0.3 is 9.15 Å². The van der Waals surface area contributed by atoms with Gasteiger partial charge in [0, 0.05) is 12.3 Å². The van der Waals surface area contributed by atoms with Gasteiger partial charge in [0.15, 0.2) is 6.61 Å². The van der Waals surface area contributed by atoms with Gasteiger partial charge in [0.2, 0.25) is 5.89 Å². The molecular formula is C26H23N3O3. The Morgan fingerprint density at radius 1 is 1.09 bits per heavy atom. The van der Waals surface area contributed by atoms with Crippen LogP contribution in [0.2, 0.25) is 0 Å². The van der Waals surface area contributed by atoms with Crippen molar-refractivity contribution in [3.05, 3.63) is 88.8 Å². The number of hydrogen-bond acceptors (Lipinski definition) is 6. The second-order valence-corrected chi connectivity index (χ2v) is 8.22. The normalized spacial score (nSPS) is 16.8. The Labute approximate surface area is 186 Å². The van der Waals surface area contributed by atoms with Crippen LogP contribution in [-0.2, 0) is 17.8 Å². The molecule has 32 heavy (non-hydrogen) atoms. The molecule has 0 spiro atoms. The number of nitrogens with zero attached hydrogens (tertiary/aromatic N) is 3. The van der Waals surface area contributed by atoms with Crippen molar-refractivity contribution in [1.29, 1.82) is 0 Å². The highest BCUT2D eigenvalue weighted by Crippen LogP contribution is 2.38. The van der Waals surface area contributed by atoms with Crippen molar-refractivity contribution in [3.8, 4) is 0 Å². The molecule has 2 heterocycles. The number of ether oxygens (including phenoxy) is 1. The molecule has 0 fully saturated rings. The number of fused-ring (bicyclic) bond motifs is 2. The second kappa shape index (κ2) is 8.38. The zero-order chi connectivity index (χ0) is 22.1. The van der Waals surface area contributed by atoms with Gasteiger partial charge in [0.25, 0.3) is 5.89 Å². The first-order valence-corrected chi connectivity index (χ1v) is 10.7. The molecule has 0 radical (unpaired) electrons. The lowest BCUT2D eigenvalue weighted by Gasteiger charge is -2.26. The summed E-state index contributed by atoms with van der Waals surface area (Å²) < 4.78 is 11.0. The van der Waals surface area contributed by atoms with Crippen molar-refractivity contribution in [1.82, 2.24) is 15.2 Å². The van der Waals surface area contributed by atoms with Crippen molar-refractivity contribution in [2.24, 2.45) is 5.92 Å². The van der Waals surface area contributed by atoms with E-state index in [1.54, 1.807) is 6.92 Å². The van der Waals surface area contributed by atoms with Crippen LogP contribution < -0.4 is 0 Å². The van der Waals surface area contributed by atoms with Gasteiger partial charge in [0.1, 0.15) is 0 Å². The topological polar surface area (TPSA) is 78.1 Å². The number of hydrogen-bond donors (Lipinski definition) is 0. The van der Waals surface area contributed by atoms with Crippen LogP contribution in [0.5, 0.6) is 0 Å². The van der Waals surface area contributed by atoms with Crippen LogP contribution in [-0.4, -0.2) is 21.2 Å². The molecule has 6 nitrogen and oxygen atoms in total. The van der Waals surface area contributed by atoms with Crippen molar-refractivity contribution >= 4 is 28.5 Å². The molecule has 0 N–H and O–H groups in total. The summed E-state index contributed by atoms with van der Waals surface area (Å²) in [6, 6.07) is 17.9. The fourth-order valence-corrected chi connectivity index (χ4v) is 4.31. The van der Waals surface area contributed by atoms with Crippen molar-refractivity contribution < 1.29 is 13.9 Å². The maximum atomic E-state index is 13.3. The average molecular weight is 425 g/mol. The van der Waals surface area contributed by atoms with Crippen LogP contribution in [0.1, 0.15) is 52.3 Å². The van der Waals surface area contributed by atoms with Gasteiger partial charge in [-0.2, -0.15) is 0 Å². The highest BCUT2D eigenvalue weighted by molar-refractivity contribution is 6.06. The number of benzene rings is 2. The van der Waals surface area contributed by atoms with Crippen LogP contribution >= 0.6 is 0 Å². The Morgan fingerprint density at radius 3 is 2.66 bits per heavy atom. The number of carbonyl (C=O) groups excluding carboxylic acids is 1. The number of aromatic nitrogens is 3. The lowest BCUT2D eigenvalue weighted by atomic mass is 9.80. The van der Waals surface area contributed by atoms with E-state index in [0.29, 0.717) is 17.4 Å². The summed E-state index contributed by atoms with van der Waals surface area (Å²) in [5, 5.41) is 8.51. The number of aryl methyl sites for hydroxylation is 1. The number of rotatable bonds is 4. The molecule has 0 saturated carbocycles. The Hall–Kier alpha value is -3.80. The molecule has 0 aliphatic heterocycles. The first kappa shape index (κ1) is 20.1. The predicted octanol–water partition coefficient (Wildman–Crippen LogP) is 5.41. The zero-order valence-corrected chi connectivity index (χ0v) is 18.0. The van der Waals surface area contributed by atoms with Gasteiger partial charge >= 0.3 is 5.97 Å². The summed E-state index contributed by atoms with van der Waals surface area (Å²) in [5.74, 6) is 0.697. The molecule has 0 saturated heterocycles. The van der Waals surface area contributed by atoms with Crippen molar-refractivity contribution in [2.45, 2.75) is 33.3 Å². The molecule has 5 rings (SSSR count). The highest BCUT2D eigenvalue weighted by atomic mass is 16.5. The van der Waals surface area contributed by atoms with Crippen LogP contribution in [0.4, 0.5) is 0 Å². The first-order valence-electron chi connectivity index (χ1n) is 10.7. The molecule has 2 aromatic carbocycles. The largest absolute Gasteiger partial charge is 0.452 e. The fourth-order valence-electron chi connectivity index (χ4n) is 4.31. The predicted molar refractivity (Wildman–Crippen MR) is 122 cm³/mol. The Balaban J connectivity index is 1.62. The molecule has 0 unspecified atom stereocenters. The summed E-state index contributed by atoms with van der Waals surface area (Å²) in [7, 11) is 0. The minimum Gasteiger partial charge on any atom is -0.452 e. The Kier molecular flexibility index (Phi) is 5.27. The van der Waals surface area contributed by atoms with Gasteiger partial charge in [-0.15, -0.1) is 10.2 Å². The summed E-state index contributed by atoms with van der Waals surface area (Å²) in [6.45, 7) is 3.84. The van der Waals surface area contributed by atoms with Gasteiger partial charge in [-0.25, -0.2) is 9.78 Å². The molecule has 1 aliphatic carbocycles. The van der Waals surface area contributed by atoms with E-state index in [1.165, 1.54) is 0 Å². The molecule has 2 aromatic heterocycles. The SMILES string of the molecule is Cc1nnc(COC(=O)c2c3c(nc4ccccc24)/C(=C\c2ccccc2)C[C@H](C)C3)o1. The van der Waals surface area contributed by atoms with Gasteiger partial charge in [0.05, 0.1) is 16.8 Å². The third-order valence-corrected chi connectivity index (χ3v) is 5.66. The quantitative estimate of drug-likeness (QED) is 0.407. The van der Waals surface area contributed by atoms with Crippen LogP contribution in [0.15, 0.2) is 59.0 Å². The molecule has 160 valence electrons. The van der Waals surface area contributed by atoms with E-state index in [2.05, 4.69) is 35.3 Å². The van der Waals surface area contributed by atoms with E-state index in [9.17, 15) is 4.79 Å². The third-order valence-electron chi connectivity index (χ3n) is 5.66. The summed E-state index contributed by atoms with van der Waals surface area (Å²) in [6.07, 6.45) is 3.85. The number of pyridine rings is 1. The van der Waals surface area contributed by atoms with Gasteiger partial charge in [-0.1, -0.05) is 55.5 Å². The zero-order valence-electron chi connectivity index (χ0n) is 18.0. The lowest BCUT2D eigenvalue weighted by Crippen LogP contribution is -2.19. The van der Waals surface area contributed by atoms with Crippen molar-refractivity contribution in [2.75, 3.05) is 0 Å². The van der Waals surface area contributed by atoms with E-state index in [1.807, 2.05) is 42.5 Å². The molecule has 1 aliphatic rings. The lowest BCUT2D eigenvalue weighted by molar-refractivity contribution is 0.0437. The van der Waals surface area contributed by atoms with Crippen LogP contribution in [0, 0.1) is 12.8 Å². The highest BCUT2D eigenvalue weighted by Gasteiger charge is 2.29. The number of esters is 1. The molecule has 0 amide bonds. The minimum absolute atomic E-state index is 0.0621. The van der Waals surface area contributed by atoms with Crippen molar-refractivity contribution in [3.63, 3.8) is 0 Å². The van der Waals surface area contributed by atoms with E-state index >= 15 is 0 Å². The molecule has 4 aromatic rings. The Morgan fingerprint density at radius 2 is 1.88 bits per heavy atom. The first-order chi connectivity index (χ1) is 15.6. The van der Waals surface area contributed by atoms with E-state index in [4.69, 9.17) is 14.1 Å². The van der Waals surface area contributed by atoms with Gasteiger partial charge in [-0.05, 0) is 47.6 Å². The third kappa shape index (κ3) is 3.91. The maximum Gasteiger partial charge on any atom is 0.339 e. The summed E-state index contributed by atoms with van der Waals surface area (Å²) in [5.41, 5.74) is 5.43. The minimum atomic E-state index is -0.399. The van der Waals surface area contributed by atoms with E-state index < -0.39 is 5.97 Å². The molecule has 1 atom stereocenters. The molecule has 0 bridgehead atoms. The average Bonchev–Trinajstić information content (AvgIpc) is 3.22. The van der Waals surface area contributed by atoms with Crippen LogP contribution in [0.25, 0.3) is 22.6 Å². The second-order valence-electron chi connectivity index (χ2n) is 8.22. The van der Waals surface area contributed by atoms with E-state index in [0.717, 1.165) is 46.1 Å². The van der Waals surface area contributed by atoms with E-state index in [-0.39, 0.29) is 12.5 Å². The number of allylic oxidation sites excluding steroid dienone is 1. The smallest absolute Gasteiger partial charge is 0.339 e. The number of carbonyl (C=O) groups is 1. The van der Waals surface area contributed by atoms with Crippen LogP contribution in [0.3, 0.4) is 0 Å². The molecule has 6 heteroatoms. The maximum absolute atomic E-state index is 13.3. The number of para-hydroxylation sites is 1. The van der Waals surface area contributed by atoms with Gasteiger partial charge in [-0.3, -0.25) is 0 Å². The molecular weight excluding hydrogens is 402 g/mol. The fraction of sp³-hybridized carbons (Fsp3) is 0.231. The monoisotopic (exact) mass is 425 g/mol.